The number of amides is 2. The zero-order chi connectivity index (χ0) is 24.4. The number of pyridine rings is 1. The van der Waals surface area contributed by atoms with Gasteiger partial charge in [0.15, 0.2) is 0 Å². The van der Waals surface area contributed by atoms with Gasteiger partial charge in [-0.25, -0.2) is 4.39 Å². The Morgan fingerprint density at radius 3 is 2.66 bits per heavy atom. The number of aromatic nitrogens is 1. The van der Waals surface area contributed by atoms with E-state index in [4.69, 9.17) is 0 Å². The number of hydrogen-bond acceptors (Lipinski definition) is 6. The van der Waals surface area contributed by atoms with Crippen molar-refractivity contribution < 1.29 is 14.0 Å². The number of nitrogens with one attached hydrogen (secondary N) is 1. The second-order valence-electron chi connectivity index (χ2n) is 8.84. The summed E-state index contributed by atoms with van der Waals surface area (Å²) in [6.07, 6.45) is 5.72. The number of piperazine rings is 1. The minimum atomic E-state index is -0.418. The van der Waals surface area contributed by atoms with Crippen molar-refractivity contribution in [2.75, 3.05) is 37.6 Å². The predicted molar refractivity (Wildman–Crippen MR) is 140 cm³/mol. The standard InChI is InChI=1S/C27H27FN4O2S/c1-2-3-9-31-10-12-32(13-11-31)24-8-7-18(14-23(24)28)21-6-4-5-19-17-29-20(15-22(19)21)16-25-26(33)30-27(34)35-25/h4-8,14-17H,2-3,9-13H2,1H3,(H,30,33,34). The fourth-order valence-electron chi connectivity index (χ4n) is 4.60. The maximum Gasteiger partial charge on any atom is 0.290 e. The van der Waals surface area contributed by atoms with Gasteiger partial charge in [-0.2, -0.15) is 0 Å². The van der Waals surface area contributed by atoms with Crippen LogP contribution in [0.15, 0.2) is 53.6 Å². The Morgan fingerprint density at radius 2 is 1.94 bits per heavy atom. The van der Waals surface area contributed by atoms with Crippen LogP contribution in [0.3, 0.4) is 0 Å². The van der Waals surface area contributed by atoms with Crippen LogP contribution in [0.4, 0.5) is 14.9 Å². The van der Waals surface area contributed by atoms with Crippen LogP contribution in [0, 0.1) is 5.82 Å². The molecular weight excluding hydrogens is 463 g/mol. The highest BCUT2D eigenvalue weighted by atomic mass is 32.2. The average molecular weight is 491 g/mol. The molecule has 5 rings (SSSR count). The van der Waals surface area contributed by atoms with Gasteiger partial charge < -0.3 is 4.90 Å². The SMILES string of the molecule is CCCCN1CCN(c2ccc(-c3cccc4cnc(C=C5SC(=O)NC5=O)cc34)cc2F)CC1. The summed E-state index contributed by atoms with van der Waals surface area (Å²) in [5.74, 6) is -0.644. The number of imide groups is 1. The third-order valence-electron chi connectivity index (χ3n) is 6.51. The van der Waals surface area contributed by atoms with E-state index < -0.39 is 5.91 Å². The molecule has 0 aliphatic carbocycles. The van der Waals surface area contributed by atoms with Crippen molar-refractivity contribution in [1.82, 2.24) is 15.2 Å². The van der Waals surface area contributed by atoms with E-state index in [-0.39, 0.29) is 11.1 Å². The lowest BCUT2D eigenvalue weighted by Crippen LogP contribution is -2.46. The van der Waals surface area contributed by atoms with E-state index in [1.807, 2.05) is 36.4 Å². The van der Waals surface area contributed by atoms with Gasteiger partial charge in [-0.3, -0.25) is 24.8 Å². The maximum absolute atomic E-state index is 15.3. The minimum Gasteiger partial charge on any atom is -0.367 e. The molecule has 8 heteroatoms. The van der Waals surface area contributed by atoms with Gasteiger partial charge in [-0.05, 0) is 65.5 Å². The van der Waals surface area contributed by atoms with Crippen LogP contribution >= 0.6 is 11.8 Å². The molecule has 2 fully saturated rings. The van der Waals surface area contributed by atoms with E-state index in [2.05, 4.69) is 27.0 Å². The summed E-state index contributed by atoms with van der Waals surface area (Å²) >= 11 is 0.860. The topological polar surface area (TPSA) is 65.5 Å². The molecule has 2 aliphatic heterocycles. The molecule has 0 spiro atoms. The Morgan fingerprint density at radius 1 is 1.11 bits per heavy atom. The minimum absolute atomic E-state index is 0.226. The molecule has 2 aliphatic rings. The number of carbonyl (C=O) groups is 2. The highest BCUT2D eigenvalue weighted by Crippen LogP contribution is 2.33. The van der Waals surface area contributed by atoms with E-state index >= 15 is 4.39 Å². The second-order valence-corrected chi connectivity index (χ2v) is 9.85. The first-order chi connectivity index (χ1) is 17.0. The van der Waals surface area contributed by atoms with Crippen LogP contribution < -0.4 is 10.2 Å². The van der Waals surface area contributed by atoms with Gasteiger partial charge in [-0.1, -0.05) is 37.6 Å². The van der Waals surface area contributed by atoms with Gasteiger partial charge in [0.25, 0.3) is 11.1 Å². The van der Waals surface area contributed by atoms with Crippen molar-refractivity contribution in [3.63, 3.8) is 0 Å². The number of nitrogens with zero attached hydrogens (tertiary/aromatic N) is 3. The number of fused-ring (bicyclic) bond motifs is 1. The summed E-state index contributed by atoms with van der Waals surface area (Å²) in [5, 5.41) is 3.68. The monoisotopic (exact) mass is 490 g/mol. The van der Waals surface area contributed by atoms with E-state index in [0.717, 1.165) is 66.4 Å². The summed E-state index contributed by atoms with van der Waals surface area (Å²) in [5.41, 5.74) is 2.88. The Balaban J connectivity index is 1.41. The van der Waals surface area contributed by atoms with E-state index in [0.29, 0.717) is 16.3 Å². The van der Waals surface area contributed by atoms with E-state index in [9.17, 15) is 9.59 Å². The Bertz CT molecular complexity index is 1320. The fraction of sp³-hybridized carbons (Fsp3) is 0.296. The molecule has 2 amide bonds. The summed E-state index contributed by atoms with van der Waals surface area (Å²) in [6, 6.07) is 13.2. The molecule has 180 valence electrons. The Kier molecular flexibility index (Phi) is 6.83. The molecule has 3 heterocycles. The number of halogens is 1. The molecule has 2 saturated heterocycles. The molecule has 0 radical (unpaired) electrons. The number of carbonyl (C=O) groups excluding carboxylic acids is 2. The van der Waals surface area contributed by atoms with Crippen LogP contribution in [0.25, 0.3) is 28.0 Å². The van der Waals surface area contributed by atoms with Crippen LogP contribution in [-0.2, 0) is 4.79 Å². The molecule has 1 N–H and O–H groups in total. The Labute approximate surface area is 208 Å². The maximum atomic E-state index is 15.3. The molecule has 0 unspecified atom stereocenters. The van der Waals surface area contributed by atoms with Gasteiger partial charge in [0.05, 0.1) is 16.3 Å². The highest BCUT2D eigenvalue weighted by Gasteiger charge is 2.25. The normalized spacial score (nSPS) is 18.0. The number of hydrogen-bond donors (Lipinski definition) is 1. The number of rotatable bonds is 6. The van der Waals surface area contributed by atoms with Gasteiger partial charge in [-0.15, -0.1) is 0 Å². The first kappa shape index (κ1) is 23.5. The summed E-state index contributed by atoms with van der Waals surface area (Å²) in [7, 11) is 0. The molecule has 3 aromatic rings. The number of anilines is 1. The number of thioether (sulfide) groups is 1. The molecule has 0 atom stereocenters. The van der Waals surface area contributed by atoms with E-state index in [1.165, 1.54) is 12.8 Å². The summed E-state index contributed by atoms with van der Waals surface area (Å²) < 4.78 is 15.3. The largest absolute Gasteiger partial charge is 0.367 e. The number of unbranched alkanes of at least 4 members (excludes halogenated alkanes) is 1. The summed E-state index contributed by atoms with van der Waals surface area (Å²) in [6.45, 7) is 6.88. The second kappa shape index (κ2) is 10.2. The van der Waals surface area contributed by atoms with Crippen molar-refractivity contribution in [3.05, 3.63) is 65.1 Å². The van der Waals surface area contributed by atoms with Gasteiger partial charge in [0.1, 0.15) is 5.82 Å². The van der Waals surface area contributed by atoms with Crippen LogP contribution in [0.5, 0.6) is 0 Å². The fourth-order valence-corrected chi connectivity index (χ4v) is 5.26. The third-order valence-corrected chi connectivity index (χ3v) is 7.32. The molecule has 0 bridgehead atoms. The van der Waals surface area contributed by atoms with Crippen molar-refractivity contribution >= 4 is 45.4 Å². The average Bonchev–Trinajstić information content (AvgIpc) is 3.18. The van der Waals surface area contributed by atoms with Gasteiger partial charge in [0.2, 0.25) is 0 Å². The Hall–Kier alpha value is -3.23. The van der Waals surface area contributed by atoms with Gasteiger partial charge >= 0.3 is 0 Å². The van der Waals surface area contributed by atoms with Crippen molar-refractivity contribution in [3.8, 4) is 11.1 Å². The van der Waals surface area contributed by atoms with Gasteiger partial charge in [0, 0.05) is 37.8 Å². The lowest BCUT2D eigenvalue weighted by Gasteiger charge is -2.36. The first-order valence-electron chi connectivity index (χ1n) is 11.9. The lowest BCUT2D eigenvalue weighted by molar-refractivity contribution is -0.115. The first-order valence-corrected chi connectivity index (χ1v) is 12.7. The van der Waals surface area contributed by atoms with Crippen LogP contribution in [0.2, 0.25) is 0 Å². The molecule has 6 nitrogen and oxygen atoms in total. The smallest absolute Gasteiger partial charge is 0.290 e. The van der Waals surface area contributed by atoms with Crippen molar-refractivity contribution in [2.24, 2.45) is 0 Å². The molecule has 1 aromatic heterocycles. The summed E-state index contributed by atoms with van der Waals surface area (Å²) in [4.78, 5) is 32.7. The lowest BCUT2D eigenvalue weighted by atomic mass is 9.98. The van der Waals surface area contributed by atoms with Crippen LogP contribution in [-0.4, -0.2) is 53.8 Å². The quantitative estimate of drug-likeness (QED) is 0.474. The van der Waals surface area contributed by atoms with Crippen LogP contribution in [0.1, 0.15) is 25.5 Å². The zero-order valence-corrected chi connectivity index (χ0v) is 20.4. The zero-order valence-electron chi connectivity index (χ0n) is 19.6. The molecule has 0 saturated carbocycles. The number of benzene rings is 2. The van der Waals surface area contributed by atoms with Crippen molar-refractivity contribution in [1.29, 1.82) is 0 Å². The molecular formula is C27H27FN4O2S. The predicted octanol–water partition coefficient (Wildman–Crippen LogP) is 5.29. The molecule has 35 heavy (non-hydrogen) atoms. The highest BCUT2D eigenvalue weighted by molar-refractivity contribution is 8.18. The molecule has 2 aromatic carbocycles. The third kappa shape index (κ3) is 5.09. The van der Waals surface area contributed by atoms with Crippen molar-refractivity contribution in [2.45, 2.75) is 19.8 Å². The van der Waals surface area contributed by atoms with E-state index in [1.54, 1.807) is 18.3 Å².